The Morgan fingerprint density at radius 3 is 2.75 bits per heavy atom. The second-order valence-electron chi connectivity index (χ2n) is 2.50. The predicted octanol–water partition coefficient (Wildman–Crippen LogP) is -0.755. The Bertz CT molecular complexity index is 355. The molecule has 1 aromatic rings. The van der Waals surface area contributed by atoms with Crippen LogP contribution in [0, 0.1) is 0 Å². The zero-order chi connectivity index (χ0) is 9.19. The molecule has 0 bridgehead atoms. The van der Waals surface area contributed by atoms with E-state index in [0.717, 1.165) is 6.26 Å². The quantitative estimate of drug-likeness (QED) is 0.678. The number of aromatic nitrogens is 2. The highest BCUT2D eigenvalue weighted by Gasteiger charge is 2.08. The lowest BCUT2D eigenvalue weighted by molar-refractivity contribution is 0.600. The van der Waals surface area contributed by atoms with E-state index in [4.69, 9.17) is 5.73 Å². The first-order chi connectivity index (χ1) is 5.54. The molecular weight excluding hydrogens is 178 g/mol. The maximum absolute atomic E-state index is 11.0. The van der Waals surface area contributed by atoms with Crippen LogP contribution >= 0.6 is 0 Å². The molecule has 2 N–H and O–H groups in total. The van der Waals surface area contributed by atoms with E-state index in [2.05, 4.69) is 5.10 Å². The van der Waals surface area contributed by atoms with Crippen molar-refractivity contribution < 1.29 is 8.42 Å². The van der Waals surface area contributed by atoms with Gasteiger partial charge in [0.15, 0.2) is 9.84 Å². The first-order valence-corrected chi connectivity index (χ1v) is 5.36. The molecule has 0 atom stereocenters. The molecule has 0 fully saturated rings. The Balaban J connectivity index is 2.92. The standard InChI is InChI=1S/C6H11N3O2S/c1-12(10,11)6-4-8-9(5-6)3-2-7/h4-5H,2-3,7H2,1H3. The monoisotopic (exact) mass is 189 g/mol. The first kappa shape index (κ1) is 9.21. The highest BCUT2D eigenvalue weighted by atomic mass is 32.2. The highest BCUT2D eigenvalue weighted by Crippen LogP contribution is 2.05. The van der Waals surface area contributed by atoms with Gasteiger partial charge in [0.1, 0.15) is 4.90 Å². The summed E-state index contributed by atoms with van der Waals surface area (Å²) in [4.78, 5) is 0.232. The zero-order valence-electron chi connectivity index (χ0n) is 6.77. The number of hydrogen-bond acceptors (Lipinski definition) is 4. The van der Waals surface area contributed by atoms with Crippen LogP contribution in [0.1, 0.15) is 0 Å². The molecule has 68 valence electrons. The second kappa shape index (κ2) is 3.24. The van der Waals surface area contributed by atoms with Gasteiger partial charge in [-0.05, 0) is 0 Å². The van der Waals surface area contributed by atoms with Gasteiger partial charge in [-0.25, -0.2) is 8.42 Å². The van der Waals surface area contributed by atoms with Gasteiger partial charge in [0.05, 0.1) is 12.7 Å². The molecule has 0 amide bonds. The second-order valence-corrected chi connectivity index (χ2v) is 4.52. The van der Waals surface area contributed by atoms with Crippen LogP contribution in [-0.4, -0.2) is 31.0 Å². The number of rotatable bonds is 3. The minimum absolute atomic E-state index is 0.232. The van der Waals surface area contributed by atoms with Gasteiger partial charge in [-0.1, -0.05) is 0 Å². The zero-order valence-corrected chi connectivity index (χ0v) is 7.58. The largest absolute Gasteiger partial charge is 0.329 e. The Morgan fingerprint density at radius 2 is 2.33 bits per heavy atom. The fraction of sp³-hybridized carbons (Fsp3) is 0.500. The summed E-state index contributed by atoms with van der Waals surface area (Å²) in [5.41, 5.74) is 5.27. The molecule has 0 saturated heterocycles. The summed E-state index contributed by atoms with van der Waals surface area (Å²) in [6, 6.07) is 0. The molecule has 0 aliphatic carbocycles. The van der Waals surface area contributed by atoms with Crippen molar-refractivity contribution in [1.29, 1.82) is 0 Å². The molecule has 1 rings (SSSR count). The molecule has 1 heterocycles. The lowest BCUT2D eigenvalue weighted by atomic mass is 10.6. The third-order valence-corrected chi connectivity index (χ3v) is 2.46. The van der Waals surface area contributed by atoms with Gasteiger partial charge in [-0.3, -0.25) is 4.68 Å². The van der Waals surface area contributed by atoms with Crippen LogP contribution in [-0.2, 0) is 16.4 Å². The van der Waals surface area contributed by atoms with Crippen LogP contribution in [0.25, 0.3) is 0 Å². The molecule has 5 nitrogen and oxygen atoms in total. The van der Waals surface area contributed by atoms with Crippen molar-refractivity contribution in [2.75, 3.05) is 12.8 Å². The highest BCUT2D eigenvalue weighted by molar-refractivity contribution is 7.90. The van der Waals surface area contributed by atoms with E-state index in [1.165, 1.54) is 17.1 Å². The van der Waals surface area contributed by atoms with Gasteiger partial charge in [0.25, 0.3) is 0 Å². The van der Waals surface area contributed by atoms with E-state index in [-0.39, 0.29) is 4.90 Å². The molecule has 0 aliphatic rings. The van der Waals surface area contributed by atoms with Crippen LogP contribution in [0.15, 0.2) is 17.3 Å². The Labute approximate surface area is 71.1 Å². The molecule has 0 radical (unpaired) electrons. The van der Waals surface area contributed by atoms with Gasteiger partial charge in [0, 0.05) is 19.0 Å². The number of nitrogens with zero attached hydrogens (tertiary/aromatic N) is 2. The summed E-state index contributed by atoms with van der Waals surface area (Å²) >= 11 is 0. The SMILES string of the molecule is CS(=O)(=O)c1cnn(CCN)c1. The van der Waals surface area contributed by atoms with Crippen LogP contribution in [0.5, 0.6) is 0 Å². The maximum Gasteiger partial charge on any atom is 0.178 e. The molecule has 0 aromatic carbocycles. The minimum Gasteiger partial charge on any atom is -0.329 e. The fourth-order valence-electron chi connectivity index (χ4n) is 0.791. The van der Waals surface area contributed by atoms with Crippen LogP contribution < -0.4 is 5.73 Å². The molecule has 0 saturated carbocycles. The van der Waals surface area contributed by atoms with Gasteiger partial charge >= 0.3 is 0 Å². The van der Waals surface area contributed by atoms with E-state index >= 15 is 0 Å². The fourth-order valence-corrected chi connectivity index (χ4v) is 1.34. The number of nitrogens with two attached hydrogens (primary N) is 1. The van der Waals surface area contributed by atoms with Crippen molar-refractivity contribution in [2.24, 2.45) is 5.73 Å². The average molecular weight is 189 g/mol. The number of hydrogen-bond donors (Lipinski definition) is 1. The third-order valence-electron chi connectivity index (χ3n) is 1.40. The molecule has 12 heavy (non-hydrogen) atoms. The van der Waals surface area contributed by atoms with Gasteiger partial charge < -0.3 is 5.73 Å². The summed E-state index contributed by atoms with van der Waals surface area (Å²) in [6.07, 6.45) is 3.95. The Kier molecular flexibility index (Phi) is 2.49. The lowest BCUT2D eigenvalue weighted by Crippen LogP contribution is -2.09. The smallest absolute Gasteiger partial charge is 0.178 e. The van der Waals surface area contributed by atoms with E-state index in [0.29, 0.717) is 13.1 Å². The van der Waals surface area contributed by atoms with E-state index in [1.54, 1.807) is 0 Å². The van der Waals surface area contributed by atoms with Crippen LogP contribution in [0.2, 0.25) is 0 Å². The molecule has 0 aliphatic heterocycles. The van der Waals surface area contributed by atoms with Crippen LogP contribution in [0.3, 0.4) is 0 Å². The maximum atomic E-state index is 11.0. The first-order valence-electron chi connectivity index (χ1n) is 3.46. The van der Waals surface area contributed by atoms with Crippen molar-refractivity contribution >= 4 is 9.84 Å². The molecule has 0 unspecified atom stereocenters. The average Bonchev–Trinajstić information content (AvgIpc) is 2.35. The van der Waals surface area contributed by atoms with Crippen molar-refractivity contribution in [3.05, 3.63) is 12.4 Å². The Hall–Kier alpha value is -0.880. The topological polar surface area (TPSA) is 78.0 Å². The molecular formula is C6H11N3O2S. The van der Waals surface area contributed by atoms with Crippen molar-refractivity contribution in [3.8, 4) is 0 Å². The Morgan fingerprint density at radius 1 is 1.67 bits per heavy atom. The van der Waals surface area contributed by atoms with Gasteiger partial charge in [-0.15, -0.1) is 0 Å². The predicted molar refractivity (Wildman–Crippen MR) is 44.4 cm³/mol. The van der Waals surface area contributed by atoms with Gasteiger partial charge in [0.2, 0.25) is 0 Å². The van der Waals surface area contributed by atoms with Gasteiger partial charge in [-0.2, -0.15) is 5.10 Å². The normalized spacial score (nSPS) is 11.8. The van der Waals surface area contributed by atoms with Crippen molar-refractivity contribution in [1.82, 2.24) is 9.78 Å². The lowest BCUT2D eigenvalue weighted by Gasteiger charge is -1.94. The summed E-state index contributed by atoms with van der Waals surface area (Å²) in [6.45, 7) is 0.987. The van der Waals surface area contributed by atoms with Crippen LogP contribution in [0.4, 0.5) is 0 Å². The van der Waals surface area contributed by atoms with Crippen molar-refractivity contribution in [2.45, 2.75) is 11.4 Å². The summed E-state index contributed by atoms with van der Waals surface area (Å²) < 4.78 is 23.4. The van der Waals surface area contributed by atoms with E-state index in [9.17, 15) is 8.42 Å². The summed E-state index contributed by atoms with van der Waals surface area (Å²) in [5.74, 6) is 0. The number of sulfone groups is 1. The van der Waals surface area contributed by atoms with Crippen molar-refractivity contribution in [3.63, 3.8) is 0 Å². The van der Waals surface area contributed by atoms with E-state index < -0.39 is 9.84 Å². The van der Waals surface area contributed by atoms with E-state index in [1.807, 2.05) is 0 Å². The molecule has 0 spiro atoms. The molecule has 1 aromatic heterocycles. The molecule has 6 heteroatoms. The third kappa shape index (κ3) is 2.05. The summed E-state index contributed by atoms with van der Waals surface area (Å²) in [5, 5.41) is 3.83. The summed E-state index contributed by atoms with van der Waals surface area (Å²) in [7, 11) is -3.12. The minimum atomic E-state index is -3.12.